The minimum Gasteiger partial charge on any atom is -0.481 e. The standard InChI is InChI=1S/C14H12ClNO4S/c1-8(20-10-4-2-9(15)3-5-10)13(17)16-11-6-7-21-12(11)14(18)19/h2-8H,1H3,(H,16,17)(H,18,19). The van der Waals surface area contributed by atoms with E-state index in [2.05, 4.69) is 5.32 Å². The summed E-state index contributed by atoms with van der Waals surface area (Å²) < 4.78 is 5.47. The van der Waals surface area contributed by atoms with Crippen LogP contribution in [0.4, 0.5) is 5.69 Å². The number of rotatable bonds is 5. The third-order valence-electron chi connectivity index (χ3n) is 2.61. The molecule has 1 atom stereocenters. The van der Waals surface area contributed by atoms with E-state index in [0.29, 0.717) is 10.8 Å². The normalized spacial score (nSPS) is 11.7. The first-order chi connectivity index (χ1) is 9.97. The van der Waals surface area contributed by atoms with Gasteiger partial charge in [-0.25, -0.2) is 4.79 Å². The van der Waals surface area contributed by atoms with Crippen molar-refractivity contribution in [3.8, 4) is 5.75 Å². The molecule has 2 rings (SSSR count). The number of ether oxygens (including phenoxy) is 1. The Morgan fingerprint density at radius 3 is 2.57 bits per heavy atom. The smallest absolute Gasteiger partial charge is 0.348 e. The number of carboxylic acids is 1. The molecule has 110 valence electrons. The molecule has 0 aliphatic carbocycles. The third-order valence-corrected chi connectivity index (χ3v) is 3.77. The lowest BCUT2D eigenvalue weighted by Gasteiger charge is -2.14. The zero-order chi connectivity index (χ0) is 15.4. The highest BCUT2D eigenvalue weighted by Crippen LogP contribution is 2.23. The lowest BCUT2D eigenvalue weighted by molar-refractivity contribution is -0.122. The molecule has 0 radical (unpaired) electrons. The molecule has 1 heterocycles. The lowest BCUT2D eigenvalue weighted by Crippen LogP contribution is -2.30. The molecule has 0 aliphatic heterocycles. The summed E-state index contributed by atoms with van der Waals surface area (Å²) in [7, 11) is 0. The van der Waals surface area contributed by atoms with Gasteiger partial charge in [-0.2, -0.15) is 0 Å². The number of thiophene rings is 1. The van der Waals surface area contributed by atoms with Crippen LogP contribution in [0.2, 0.25) is 5.02 Å². The summed E-state index contributed by atoms with van der Waals surface area (Å²) >= 11 is 6.81. The minimum atomic E-state index is -1.08. The van der Waals surface area contributed by atoms with E-state index in [1.165, 1.54) is 0 Å². The van der Waals surface area contributed by atoms with E-state index in [9.17, 15) is 9.59 Å². The highest BCUT2D eigenvalue weighted by molar-refractivity contribution is 7.12. The van der Waals surface area contributed by atoms with Crippen molar-refractivity contribution < 1.29 is 19.4 Å². The van der Waals surface area contributed by atoms with Gasteiger partial charge in [-0.1, -0.05) is 11.6 Å². The zero-order valence-electron chi connectivity index (χ0n) is 11.0. The second-order valence-electron chi connectivity index (χ2n) is 4.17. The average molecular weight is 326 g/mol. The second-order valence-corrected chi connectivity index (χ2v) is 5.52. The molecule has 2 aromatic rings. The SMILES string of the molecule is CC(Oc1ccc(Cl)cc1)C(=O)Nc1ccsc1C(=O)O. The quantitative estimate of drug-likeness (QED) is 0.882. The molecule has 0 saturated heterocycles. The van der Waals surface area contributed by atoms with Crippen molar-refractivity contribution in [3.63, 3.8) is 0 Å². The average Bonchev–Trinajstić information content (AvgIpc) is 2.89. The van der Waals surface area contributed by atoms with Crippen molar-refractivity contribution in [1.82, 2.24) is 0 Å². The van der Waals surface area contributed by atoms with Gasteiger partial charge in [0.25, 0.3) is 5.91 Å². The molecular formula is C14H12ClNO4S. The zero-order valence-corrected chi connectivity index (χ0v) is 12.6. The van der Waals surface area contributed by atoms with Gasteiger partial charge in [0.1, 0.15) is 10.6 Å². The molecule has 21 heavy (non-hydrogen) atoms. The number of hydrogen-bond acceptors (Lipinski definition) is 4. The summed E-state index contributed by atoms with van der Waals surface area (Å²) in [4.78, 5) is 23.1. The van der Waals surface area contributed by atoms with Crippen molar-refractivity contribution in [2.45, 2.75) is 13.0 Å². The highest BCUT2D eigenvalue weighted by Gasteiger charge is 2.19. The van der Waals surface area contributed by atoms with Gasteiger partial charge >= 0.3 is 5.97 Å². The monoisotopic (exact) mass is 325 g/mol. The van der Waals surface area contributed by atoms with Gasteiger partial charge in [-0.15, -0.1) is 11.3 Å². The fourth-order valence-electron chi connectivity index (χ4n) is 1.58. The number of nitrogens with one attached hydrogen (secondary N) is 1. The maximum absolute atomic E-state index is 12.0. The summed E-state index contributed by atoms with van der Waals surface area (Å²) in [5, 5.41) is 13.7. The molecule has 1 aromatic heterocycles. The fourth-order valence-corrected chi connectivity index (χ4v) is 2.39. The van der Waals surface area contributed by atoms with Crippen LogP contribution in [0.3, 0.4) is 0 Å². The maximum Gasteiger partial charge on any atom is 0.348 e. The van der Waals surface area contributed by atoms with Crippen LogP contribution in [0.1, 0.15) is 16.6 Å². The first-order valence-corrected chi connectivity index (χ1v) is 7.27. The summed E-state index contributed by atoms with van der Waals surface area (Å²) in [6, 6.07) is 8.16. The molecule has 1 aromatic carbocycles. The van der Waals surface area contributed by atoms with Crippen molar-refractivity contribution in [2.75, 3.05) is 5.32 Å². The number of benzene rings is 1. The lowest BCUT2D eigenvalue weighted by atomic mass is 10.3. The van der Waals surface area contributed by atoms with E-state index in [1.807, 2.05) is 0 Å². The Bertz CT molecular complexity index is 653. The predicted octanol–water partition coefficient (Wildman–Crippen LogP) is 3.51. The van der Waals surface area contributed by atoms with Crippen LogP contribution in [0.25, 0.3) is 0 Å². The summed E-state index contributed by atoms with van der Waals surface area (Å²) in [5.74, 6) is -0.997. The van der Waals surface area contributed by atoms with Crippen molar-refractivity contribution in [3.05, 3.63) is 45.6 Å². The summed E-state index contributed by atoms with van der Waals surface area (Å²) in [6.45, 7) is 1.58. The van der Waals surface area contributed by atoms with Crippen LogP contribution in [0, 0.1) is 0 Å². The third kappa shape index (κ3) is 3.96. The Morgan fingerprint density at radius 2 is 1.95 bits per heavy atom. The van der Waals surface area contributed by atoms with E-state index in [0.717, 1.165) is 11.3 Å². The molecule has 0 spiro atoms. The number of carbonyl (C=O) groups excluding carboxylic acids is 1. The molecule has 0 aliphatic rings. The van der Waals surface area contributed by atoms with Crippen molar-refractivity contribution in [2.24, 2.45) is 0 Å². The number of halogens is 1. The molecule has 5 nitrogen and oxygen atoms in total. The van der Waals surface area contributed by atoms with Crippen LogP contribution >= 0.6 is 22.9 Å². The first-order valence-electron chi connectivity index (χ1n) is 6.01. The molecule has 2 N–H and O–H groups in total. The van der Waals surface area contributed by atoms with Gasteiger partial charge in [0, 0.05) is 5.02 Å². The number of carboxylic acid groups (broad SMARTS) is 1. The van der Waals surface area contributed by atoms with Crippen LogP contribution in [-0.2, 0) is 4.79 Å². The Morgan fingerprint density at radius 1 is 1.29 bits per heavy atom. The largest absolute Gasteiger partial charge is 0.481 e. The Labute approximate surface area is 130 Å². The fraction of sp³-hybridized carbons (Fsp3) is 0.143. The molecule has 0 bridgehead atoms. The van der Waals surface area contributed by atoms with E-state index in [1.54, 1.807) is 42.6 Å². The molecule has 7 heteroatoms. The van der Waals surface area contributed by atoms with Gasteiger partial charge in [0.15, 0.2) is 6.10 Å². The predicted molar refractivity (Wildman–Crippen MR) is 81.5 cm³/mol. The molecule has 0 saturated carbocycles. The van der Waals surface area contributed by atoms with E-state index < -0.39 is 18.0 Å². The van der Waals surface area contributed by atoms with Gasteiger partial charge in [0.05, 0.1) is 5.69 Å². The molecular weight excluding hydrogens is 314 g/mol. The van der Waals surface area contributed by atoms with Gasteiger partial charge < -0.3 is 15.2 Å². The number of aromatic carboxylic acids is 1. The van der Waals surface area contributed by atoms with E-state index >= 15 is 0 Å². The number of hydrogen-bond donors (Lipinski definition) is 2. The Hall–Kier alpha value is -2.05. The van der Waals surface area contributed by atoms with Crippen molar-refractivity contribution in [1.29, 1.82) is 0 Å². The number of amides is 1. The number of anilines is 1. The summed E-state index contributed by atoms with van der Waals surface area (Å²) in [6.07, 6.45) is -0.771. The van der Waals surface area contributed by atoms with E-state index in [4.69, 9.17) is 21.4 Å². The summed E-state index contributed by atoms with van der Waals surface area (Å²) in [5.41, 5.74) is 0.268. The highest BCUT2D eigenvalue weighted by atomic mass is 35.5. The van der Waals surface area contributed by atoms with Crippen LogP contribution in [0.15, 0.2) is 35.7 Å². The maximum atomic E-state index is 12.0. The number of carbonyl (C=O) groups is 2. The Balaban J connectivity index is 2.01. The van der Waals surface area contributed by atoms with Crippen LogP contribution in [0.5, 0.6) is 5.75 Å². The van der Waals surface area contributed by atoms with Crippen LogP contribution in [-0.4, -0.2) is 23.1 Å². The van der Waals surface area contributed by atoms with Gasteiger partial charge in [0.2, 0.25) is 0 Å². The van der Waals surface area contributed by atoms with Crippen LogP contribution < -0.4 is 10.1 Å². The first kappa shape index (κ1) is 15.3. The molecule has 0 fully saturated rings. The molecule has 1 amide bonds. The van der Waals surface area contributed by atoms with E-state index in [-0.39, 0.29) is 10.6 Å². The minimum absolute atomic E-state index is 0.0852. The molecule has 1 unspecified atom stereocenters. The van der Waals surface area contributed by atoms with Gasteiger partial charge in [-0.3, -0.25) is 4.79 Å². The van der Waals surface area contributed by atoms with Crippen molar-refractivity contribution >= 4 is 40.5 Å². The van der Waals surface area contributed by atoms with Gasteiger partial charge in [-0.05, 0) is 42.6 Å². The topological polar surface area (TPSA) is 75.6 Å². The Kier molecular flexibility index (Phi) is 4.82. The second kappa shape index (κ2) is 6.60.